The molecule has 0 spiro atoms. The first-order valence-corrected chi connectivity index (χ1v) is 14.6. The first-order valence-electron chi connectivity index (χ1n) is 14.6. The van der Waals surface area contributed by atoms with E-state index in [-0.39, 0.29) is 35.0 Å². The third kappa shape index (κ3) is 6.33. The number of hydrogen-bond donors (Lipinski definition) is 3. The maximum atomic E-state index is 12.9. The van der Waals surface area contributed by atoms with Crippen LogP contribution < -0.4 is 10.1 Å². The number of carbonyl (C=O) groups excluding carboxylic acids is 2. The number of benzene rings is 3. The predicted octanol–water partition coefficient (Wildman–Crippen LogP) is 5.88. The van der Waals surface area contributed by atoms with Gasteiger partial charge in [0.25, 0.3) is 11.8 Å². The summed E-state index contributed by atoms with van der Waals surface area (Å²) in [6.45, 7) is 9.86. The fraction of sp³-hybridized carbons (Fsp3) is 0.333. The lowest BCUT2D eigenvalue weighted by atomic mass is 9.98. The number of carbonyl (C=O) groups is 2. The van der Waals surface area contributed by atoms with Crippen LogP contribution in [0.25, 0.3) is 17.1 Å². The normalized spacial score (nSPS) is 13.7. The molecule has 1 aromatic heterocycles. The Morgan fingerprint density at radius 1 is 0.953 bits per heavy atom. The lowest BCUT2D eigenvalue weighted by Gasteiger charge is -2.30. The molecule has 1 saturated heterocycles. The highest BCUT2D eigenvalue weighted by atomic mass is 16.5. The molecule has 2 amide bonds. The molecule has 3 N–H and O–H groups in total. The highest BCUT2D eigenvalue weighted by molar-refractivity contribution is 5.94. The van der Waals surface area contributed by atoms with Gasteiger partial charge in [-0.15, -0.1) is 10.2 Å². The summed E-state index contributed by atoms with van der Waals surface area (Å²) < 4.78 is 7.60. The van der Waals surface area contributed by atoms with E-state index in [2.05, 4.69) is 22.4 Å². The van der Waals surface area contributed by atoms with Gasteiger partial charge in [0.2, 0.25) is 5.82 Å². The monoisotopic (exact) mass is 583 g/mol. The summed E-state index contributed by atoms with van der Waals surface area (Å²) in [7, 11) is 0. The van der Waals surface area contributed by atoms with Gasteiger partial charge in [-0.25, -0.2) is 0 Å². The van der Waals surface area contributed by atoms with E-state index in [4.69, 9.17) is 4.74 Å². The first-order chi connectivity index (χ1) is 20.7. The summed E-state index contributed by atoms with van der Waals surface area (Å²) in [5.41, 5.74) is 2.17. The van der Waals surface area contributed by atoms with Crippen molar-refractivity contribution in [1.82, 2.24) is 25.0 Å². The molecule has 3 aromatic carbocycles. The topological polar surface area (TPSA) is 130 Å². The van der Waals surface area contributed by atoms with E-state index >= 15 is 0 Å². The van der Waals surface area contributed by atoms with Gasteiger partial charge >= 0.3 is 0 Å². The molecule has 224 valence electrons. The number of nitrogens with zero attached hydrogens (tertiary/aromatic N) is 4. The quantitative estimate of drug-likeness (QED) is 0.236. The number of rotatable bonds is 8. The molecule has 5 rings (SSSR count). The predicted molar refractivity (Wildman–Crippen MR) is 163 cm³/mol. The van der Waals surface area contributed by atoms with E-state index in [0.717, 1.165) is 25.9 Å². The Kier molecular flexibility index (Phi) is 8.66. The van der Waals surface area contributed by atoms with Gasteiger partial charge in [0.15, 0.2) is 5.82 Å². The van der Waals surface area contributed by atoms with Crippen LogP contribution in [0.4, 0.5) is 0 Å². The van der Waals surface area contributed by atoms with E-state index in [1.54, 1.807) is 59.2 Å². The average molecular weight is 584 g/mol. The van der Waals surface area contributed by atoms with E-state index in [1.807, 2.05) is 25.7 Å². The van der Waals surface area contributed by atoms with Crippen LogP contribution in [0.5, 0.6) is 23.0 Å². The van der Waals surface area contributed by atoms with E-state index in [0.29, 0.717) is 46.3 Å². The van der Waals surface area contributed by atoms with E-state index in [1.165, 1.54) is 6.07 Å². The summed E-state index contributed by atoms with van der Waals surface area (Å²) in [6, 6.07) is 17.1. The minimum absolute atomic E-state index is 0.0178. The van der Waals surface area contributed by atoms with Gasteiger partial charge in [0, 0.05) is 37.0 Å². The minimum Gasteiger partial charge on any atom is -0.508 e. The van der Waals surface area contributed by atoms with Crippen molar-refractivity contribution in [3.05, 3.63) is 77.6 Å². The van der Waals surface area contributed by atoms with Gasteiger partial charge in [0.05, 0.1) is 5.56 Å². The zero-order valence-corrected chi connectivity index (χ0v) is 24.9. The van der Waals surface area contributed by atoms with Gasteiger partial charge in [-0.1, -0.05) is 20.8 Å². The van der Waals surface area contributed by atoms with Crippen molar-refractivity contribution in [2.45, 2.75) is 46.5 Å². The van der Waals surface area contributed by atoms with Gasteiger partial charge in [-0.2, -0.15) is 0 Å². The van der Waals surface area contributed by atoms with Crippen LogP contribution in [0.2, 0.25) is 0 Å². The maximum Gasteiger partial charge on any atom is 0.289 e. The summed E-state index contributed by atoms with van der Waals surface area (Å²) in [4.78, 5) is 27.7. The second-order valence-electron chi connectivity index (χ2n) is 11.2. The van der Waals surface area contributed by atoms with Crippen LogP contribution in [0, 0.1) is 5.92 Å². The molecule has 0 radical (unpaired) electrons. The SMILES string of the molecule is CCNC(=O)c1nnc(-c2cc(C(C)C)c(O)cc2O)n1-c1ccc(Oc2ccc(C(=O)N3CCC(C)CC3)cc2)cc1. The molecule has 0 saturated carbocycles. The Morgan fingerprint density at radius 3 is 2.19 bits per heavy atom. The smallest absolute Gasteiger partial charge is 0.289 e. The van der Waals surface area contributed by atoms with Gasteiger partial charge in [0.1, 0.15) is 23.0 Å². The van der Waals surface area contributed by atoms with Crippen LogP contribution in [0.3, 0.4) is 0 Å². The molecule has 0 aliphatic carbocycles. The van der Waals surface area contributed by atoms with Crippen LogP contribution >= 0.6 is 0 Å². The number of nitrogens with one attached hydrogen (secondary N) is 1. The molecule has 1 aliphatic heterocycles. The molecule has 1 fully saturated rings. The average Bonchev–Trinajstić information content (AvgIpc) is 3.43. The van der Waals surface area contributed by atoms with Crippen LogP contribution in [-0.2, 0) is 0 Å². The van der Waals surface area contributed by atoms with Crippen molar-refractivity contribution < 1.29 is 24.5 Å². The highest BCUT2D eigenvalue weighted by Crippen LogP contribution is 2.38. The van der Waals surface area contributed by atoms with Crippen molar-refractivity contribution >= 4 is 11.8 Å². The molecular formula is C33H37N5O5. The number of piperidine rings is 1. The minimum atomic E-state index is -0.419. The molecule has 0 unspecified atom stereocenters. The Hall–Kier alpha value is -4.86. The highest BCUT2D eigenvalue weighted by Gasteiger charge is 2.25. The maximum absolute atomic E-state index is 12.9. The van der Waals surface area contributed by atoms with Crippen molar-refractivity contribution in [1.29, 1.82) is 0 Å². The molecule has 0 atom stereocenters. The van der Waals surface area contributed by atoms with Crippen molar-refractivity contribution in [2.75, 3.05) is 19.6 Å². The number of phenolic OH excluding ortho intramolecular Hbond substituents is 2. The number of hydrogen-bond acceptors (Lipinski definition) is 7. The summed E-state index contributed by atoms with van der Waals surface area (Å²) in [5, 5.41) is 32.2. The lowest BCUT2D eigenvalue weighted by molar-refractivity contribution is 0.0697. The fourth-order valence-corrected chi connectivity index (χ4v) is 5.18. The van der Waals surface area contributed by atoms with Crippen molar-refractivity contribution in [2.24, 2.45) is 5.92 Å². The summed E-state index contributed by atoms with van der Waals surface area (Å²) in [6.07, 6.45) is 2.05. The number of likely N-dealkylation sites (tertiary alicyclic amines) is 1. The molecule has 2 heterocycles. The van der Waals surface area contributed by atoms with E-state index < -0.39 is 5.91 Å². The summed E-state index contributed by atoms with van der Waals surface area (Å²) in [5.74, 6) is 1.48. The van der Waals surface area contributed by atoms with Crippen LogP contribution in [-0.4, -0.2) is 61.3 Å². The molecular weight excluding hydrogens is 546 g/mol. The number of aromatic hydroxyl groups is 2. The third-order valence-corrected chi connectivity index (χ3v) is 7.71. The Balaban J connectivity index is 1.41. The van der Waals surface area contributed by atoms with Crippen LogP contribution in [0.1, 0.15) is 73.0 Å². The molecule has 10 heteroatoms. The first kappa shape index (κ1) is 29.6. The summed E-state index contributed by atoms with van der Waals surface area (Å²) >= 11 is 0. The number of ether oxygens (including phenoxy) is 1. The molecule has 43 heavy (non-hydrogen) atoms. The fourth-order valence-electron chi connectivity index (χ4n) is 5.18. The molecule has 1 aliphatic rings. The number of amides is 2. The number of aromatic nitrogens is 3. The molecule has 10 nitrogen and oxygen atoms in total. The van der Waals surface area contributed by atoms with Gasteiger partial charge in [-0.3, -0.25) is 14.2 Å². The standard InChI is InChI=1S/C33H37N5O5/c1-5-34-32(41)31-36-35-30(27-18-26(20(2)3)28(39)19-29(27)40)38(31)23-8-12-25(13-9-23)43-24-10-6-22(7-11-24)33(42)37-16-14-21(4)15-17-37/h6-13,18-21,39-40H,5,14-17H2,1-4H3,(H,34,41). The zero-order chi connectivity index (χ0) is 30.7. The zero-order valence-electron chi connectivity index (χ0n) is 24.9. The Morgan fingerprint density at radius 2 is 1.58 bits per heavy atom. The van der Waals surface area contributed by atoms with Crippen molar-refractivity contribution in [3.8, 4) is 40.1 Å². The lowest BCUT2D eigenvalue weighted by Crippen LogP contribution is -2.37. The Bertz CT molecular complexity index is 1600. The molecule has 4 aromatic rings. The Labute approximate surface area is 251 Å². The second kappa shape index (κ2) is 12.6. The van der Waals surface area contributed by atoms with Gasteiger partial charge in [-0.05, 0) is 91.8 Å². The van der Waals surface area contributed by atoms with Gasteiger partial charge < -0.3 is 25.2 Å². The second-order valence-corrected chi connectivity index (χ2v) is 11.2. The largest absolute Gasteiger partial charge is 0.508 e. The number of phenols is 2. The molecule has 0 bridgehead atoms. The van der Waals surface area contributed by atoms with Crippen molar-refractivity contribution in [3.63, 3.8) is 0 Å². The third-order valence-electron chi connectivity index (χ3n) is 7.71. The van der Waals surface area contributed by atoms with Crippen LogP contribution in [0.15, 0.2) is 60.7 Å². The van der Waals surface area contributed by atoms with E-state index in [9.17, 15) is 19.8 Å².